The number of hydrogen-bond acceptors (Lipinski definition) is 2. The van der Waals surface area contributed by atoms with Crippen molar-refractivity contribution in [1.82, 2.24) is 0 Å². The van der Waals surface area contributed by atoms with Gasteiger partial charge in [-0.3, -0.25) is 4.79 Å². The summed E-state index contributed by atoms with van der Waals surface area (Å²) in [5.74, 6) is 1.19. The Morgan fingerprint density at radius 1 is 1.26 bits per heavy atom. The molecule has 2 atom stereocenters. The van der Waals surface area contributed by atoms with Crippen LogP contribution in [0.4, 0.5) is 0 Å². The van der Waals surface area contributed by atoms with E-state index in [2.05, 4.69) is 32.0 Å². The van der Waals surface area contributed by atoms with Crippen molar-refractivity contribution < 1.29 is 9.53 Å². The van der Waals surface area contributed by atoms with Crippen LogP contribution in [0.25, 0.3) is 0 Å². The van der Waals surface area contributed by atoms with E-state index in [4.69, 9.17) is 4.74 Å². The van der Waals surface area contributed by atoms with Gasteiger partial charge in [0.2, 0.25) is 0 Å². The summed E-state index contributed by atoms with van der Waals surface area (Å²) < 4.78 is 5.10. The van der Waals surface area contributed by atoms with Crippen molar-refractivity contribution in [2.24, 2.45) is 11.8 Å². The molecule has 2 heteroatoms. The maximum absolute atomic E-state index is 11.8. The van der Waals surface area contributed by atoms with E-state index in [0.717, 1.165) is 23.8 Å². The van der Waals surface area contributed by atoms with Crippen LogP contribution in [0.2, 0.25) is 0 Å². The average molecular weight is 260 g/mol. The molecular formula is C17H24O2. The fraction of sp³-hybridized carbons (Fsp3) is 0.588. The highest BCUT2D eigenvalue weighted by atomic mass is 16.5. The average Bonchev–Trinajstić information content (AvgIpc) is 2.81. The third-order valence-electron chi connectivity index (χ3n) is 4.28. The molecular weight excluding hydrogens is 236 g/mol. The van der Waals surface area contributed by atoms with Crippen LogP contribution in [0.15, 0.2) is 18.2 Å². The third kappa shape index (κ3) is 2.99. The smallest absolute Gasteiger partial charge is 0.313 e. The molecule has 19 heavy (non-hydrogen) atoms. The second-order valence-corrected chi connectivity index (χ2v) is 5.91. The zero-order valence-electron chi connectivity index (χ0n) is 12.4. The molecule has 0 radical (unpaired) electrons. The minimum Gasteiger partial charge on any atom is -0.466 e. The van der Waals surface area contributed by atoms with Crippen molar-refractivity contribution >= 4 is 5.97 Å². The summed E-state index contributed by atoms with van der Waals surface area (Å²) in [6.45, 7) is 8.80. The number of carbonyl (C=O) groups excluding carboxylic acids is 1. The molecule has 0 bridgehead atoms. The lowest BCUT2D eigenvalue weighted by atomic mass is 9.93. The number of hydrogen-bond donors (Lipinski definition) is 0. The molecule has 2 unspecified atom stereocenters. The van der Waals surface area contributed by atoms with E-state index in [1.54, 1.807) is 0 Å². The van der Waals surface area contributed by atoms with Crippen LogP contribution in [-0.2, 0) is 22.4 Å². The summed E-state index contributed by atoms with van der Waals surface area (Å²) in [6.07, 6.45) is 2.33. The van der Waals surface area contributed by atoms with E-state index < -0.39 is 0 Å². The number of fused-ring (bicyclic) bond motifs is 1. The SMILES string of the molecule is CCOC(=O)C(C)c1ccc2c(c1)CC(C(C)C)C2. The molecule has 104 valence electrons. The minimum atomic E-state index is -0.164. The highest BCUT2D eigenvalue weighted by molar-refractivity contribution is 5.77. The molecule has 2 nitrogen and oxygen atoms in total. The molecule has 1 aliphatic rings. The Bertz CT molecular complexity index is 462. The minimum absolute atomic E-state index is 0.124. The lowest BCUT2D eigenvalue weighted by molar-refractivity contribution is -0.144. The standard InChI is InChI=1S/C17H24O2/c1-5-19-17(18)12(4)13-6-7-14-9-15(11(2)3)10-16(14)8-13/h6-8,11-12,15H,5,9-10H2,1-4H3. The van der Waals surface area contributed by atoms with E-state index in [1.807, 2.05) is 13.8 Å². The van der Waals surface area contributed by atoms with Crippen LogP contribution in [0, 0.1) is 11.8 Å². The van der Waals surface area contributed by atoms with Crippen molar-refractivity contribution in [3.05, 3.63) is 34.9 Å². The predicted molar refractivity (Wildman–Crippen MR) is 77.2 cm³/mol. The van der Waals surface area contributed by atoms with Crippen molar-refractivity contribution in [1.29, 1.82) is 0 Å². The van der Waals surface area contributed by atoms with Gasteiger partial charge in [-0.05, 0) is 55.2 Å². The van der Waals surface area contributed by atoms with Gasteiger partial charge in [-0.15, -0.1) is 0 Å². The molecule has 2 rings (SSSR count). The number of esters is 1. The third-order valence-corrected chi connectivity index (χ3v) is 4.28. The van der Waals surface area contributed by atoms with Gasteiger partial charge in [0.15, 0.2) is 0 Å². The van der Waals surface area contributed by atoms with Crippen LogP contribution >= 0.6 is 0 Å². The number of carbonyl (C=O) groups is 1. The van der Waals surface area contributed by atoms with Crippen LogP contribution in [0.1, 0.15) is 50.3 Å². The number of benzene rings is 1. The Labute approximate surface area is 116 Å². The molecule has 1 aromatic rings. The zero-order valence-corrected chi connectivity index (χ0v) is 12.4. The zero-order chi connectivity index (χ0) is 14.0. The van der Waals surface area contributed by atoms with Gasteiger partial charge >= 0.3 is 5.97 Å². The summed E-state index contributed by atoms with van der Waals surface area (Å²) >= 11 is 0. The quantitative estimate of drug-likeness (QED) is 0.771. The fourth-order valence-corrected chi connectivity index (χ4v) is 2.82. The fourth-order valence-electron chi connectivity index (χ4n) is 2.82. The highest BCUT2D eigenvalue weighted by Gasteiger charge is 2.25. The van der Waals surface area contributed by atoms with Gasteiger partial charge in [0, 0.05) is 0 Å². The van der Waals surface area contributed by atoms with Crippen LogP contribution in [0.3, 0.4) is 0 Å². The van der Waals surface area contributed by atoms with Gasteiger partial charge in [0.1, 0.15) is 0 Å². The van der Waals surface area contributed by atoms with Crippen molar-refractivity contribution in [2.75, 3.05) is 6.61 Å². The van der Waals surface area contributed by atoms with Gasteiger partial charge in [0.25, 0.3) is 0 Å². The Kier molecular flexibility index (Phi) is 4.28. The van der Waals surface area contributed by atoms with Crippen LogP contribution in [-0.4, -0.2) is 12.6 Å². The number of ether oxygens (including phenoxy) is 1. The molecule has 0 amide bonds. The molecule has 0 fully saturated rings. The van der Waals surface area contributed by atoms with Crippen molar-refractivity contribution in [3.8, 4) is 0 Å². The van der Waals surface area contributed by atoms with E-state index in [1.165, 1.54) is 17.5 Å². The monoisotopic (exact) mass is 260 g/mol. The molecule has 0 heterocycles. The van der Waals surface area contributed by atoms with E-state index >= 15 is 0 Å². The van der Waals surface area contributed by atoms with E-state index in [-0.39, 0.29) is 11.9 Å². The molecule has 0 aliphatic heterocycles. The topological polar surface area (TPSA) is 26.3 Å². The van der Waals surface area contributed by atoms with Crippen LogP contribution < -0.4 is 0 Å². The summed E-state index contributed by atoms with van der Waals surface area (Å²) in [4.78, 5) is 11.8. The van der Waals surface area contributed by atoms with Gasteiger partial charge in [-0.1, -0.05) is 32.0 Å². The maximum atomic E-state index is 11.8. The summed E-state index contributed by atoms with van der Waals surface area (Å²) in [5, 5.41) is 0. The lowest BCUT2D eigenvalue weighted by Gasteiger charge is -2.12. The Balaban J connectivity index is 2.15. The first-order valence-corrected chi connectivity index (χ1v) is 7.31. The van der Waals surface area contributed by atoms with Gasteiger partial charge < -0.3 is 4.74 Å². The van der Waals surface area contributed by atoms with Gasteiger partial charge in [-0.25, -0.2) is 0 Å². The maximum Gasteiger partial charge on any atom is 0.313 e. The highest BCUT2D eigenvalue weighted by Crippen LogP contribution is 2.33. The van der Waals surface area contributed by atoms with Crippen molar-refractivity contribution in [3.63, 3.8) is 0 Å². The largest absolute Gasteiger partial charge is 0.466 e. The molecule has 0 spiro atoms. The molecule has 0 aromatic heterocycles. The summed E-state index contributed by atoms with van der Waals surface area (Å²) in [6, 6.07) is 6.49. The molecule has 0 saturated heterocycles. The lowest BCUT2D eigenvalue weighted by Crippen LogP contribution is -2.13. The Morgan fingerprint density at radius 2 is 1.95 bits per heavy atom. The summed E-state index contributed by atoms with van der Waals surface area (Å²) in [5.41, 5.74) is 3.97. The normalized spacial score (nSPS) is 19.3. The van der Waals surface area contributed by atoms with E-state index in [0.29, 0.717) is 6.61 Å². The molecule has 0 saturated carbocycles. The Hall–Kier alpha value is -1.31. The van der Waals surface area contributed by atoms with Crippen LogP contribution in [0.5, 0.6) is 0 Å². The van der Waals surface area contributed by atoms with Gasteiger partial charge in [-0.2, -0.15) is 0 Å². The van der Waals surface area contributed by atoms with Gasteiger partial charge in [0.05, 0.1) is 12.5 Å². The molecule has 1 aromatic carbocycles. The molecule has 0 N–H and O–H groups in total. The first kappa shape index (κ1) is 14.1. The predicted octanol–water partition coefficient (Wildman–Crippen LogP) is 3.72. The van der Waals surface area contributed by atoms with Crippen molar-refractivity contribution in [2.45, 2.75) is 46.5 Å². The molecule has 1 aliphatic carbocycles. The second kappa shape index (κ2) is 5.77. The second-order valence-electron chi connectivity index (χ2n) is 5.91. The Morgan fingerprint density at radius 3 is 2.58 bits per heavy atom. The summed E-state index contributed by atoms with van der Waals surface area (Å²) in [7, 11) is 0. The first-order valence-electron chi connectivity index (χ1n) is 7.31. The number of rotatable bonds is 4. The first-order chi connectivity index (χ1) is 9.02. The van der Waals surface area contributed by atoms with E-state index in [9.17, 15) is 4.79 Å².